The Balaban J connectivity index is 0. The fourth-order valence-corrected chi connectivity index (χ4v) is 2.14. The lowest BCUT2D eigenvalue weighted by atomic mass is 9.93. The highest BCUT2D eigenvalue weighted by atomic mass is 35.5. The van der Waals surface area contributed by atoms with Gasteiger partial charge in [-0.25, -0.2) is 0 Å². The molecular formula is C13H29Cl2N3O. The van der Waals surface area contributed by atoms with Gasteiger partial charge in [-0.05, 0) is 51.9 Å². The fraction of sp³-hybridized carbons (Fsp3) is 0.923. The van der Waals surface area contributed by atoms with E-state index < -0.39 is 0 Å². The molecular weight excluding hydrogens is 285 g/mol. The van der Waals surface area contributed by atoms with Gasteiger partial charge in [0, 0.05) is 19.5 Å². The Kier molecular flexibility index (Phi) is 14.5. The SMILES string of the molecule is CCN(C)CCNC(=O)CCC1CCNCC1.Cl.Cl. The van der Waals surface area contributed by atoms with Gasteiger partial charge in [-0.1, -0.05) is 6.92 Å². The molecule has 0 aromatic heterocycles. The predicted octanol–water partition coefficient (Wildman–Crippen LogP) is 1.68. The Hall–Kier alpha value is -0.0300. The quantitative estimate of drug-likeness (QED) is 0.751. The number of nitrogens with one attached hydrogen (secondary N) is 2. The Morgan fingerprint density at radius 3 is 2.53 bits per heavy atom. The smallest absolute Gasteiger partial charge is 0.220 e. The molecule has 116 valence electrons. The van der Waals surface area contributed by atoms with Crippen LogP contribution in [0, 0.1) is 5.92 Å². The third-order valence-electron chi connectivity index (χ3n) is 3.59. The van der Waals surface area contributed by atoms with Crippen LogP contribution in [-0.2, 0) is 4.79 Å². The minimum Gasteiger partial charge on any atom is -0.355 e. The van der Waals surface area contributed by atoms with Gasteiger partial charge in [-0.2, -0.15) is 0 Å². The molecule has 0 saturated carbocycles. The molecule has 0 aromatic carbocycles. The molecule has 1 aliphatic heterocycles. The molecule has 0 atom stereocenters. The average Bonchev–Trinajstić information content (AvgIpc) is 2.37. The van der Waals surface area contributed by atoms with E-state index >= 15 is 0 Å². The van der Waals surface area contributed by atoms with Gasteiger partial charge in [-0.3, -0.25) is 4.79 Å². The van der Waals surface area contributed by atoms with E-state index in [1.54, 1.807) is 0 Å². The summed E-state index contributed by atoms with van der Waals surface area (Å²) in [6, 6.07) is 0. The Labute approximate surface area is 129 Å². The zero-order chi connectivity index (χ0) is 12.5. The maximum atomic E-state index is 11.6. The second-order valence-electron chi connectivity index (χ2n) is 4.98. The van der Waals surface area contributed by atoms with Crippen LogP contribution in [0.1, 0.15) is 32.6 Å². The zero-order valence-corrected chi connectivity index (χ0v) is 13.7. The predicted molar refractivity (Wildman–Crippen MR) is 85.5 cm³/mol. The molecule has 0 radical (unpaired) electrons. The van der Waals surface area contributed by atoms with Gasteiger partial charge in [0.05, 0.1) is 0 Å². The lowest BCUT2D eigenvalue weighted by molar-refractivity contribution is -0.121. The molecule has 0 spiro atoms. The molecule has 0 bridgehead atoms. The number of carbonyl (C=O) groups excluding carboxylic acids is 1. The molecule has 1 rings (SSSR count). The molecule has 1 saturated heterocycles. The minimum absolute atomic E-state index is 0. The second kappa shape index (κ2) is 13.0. The first-order valence-corrected chi connectivity index (χ1v) is 6.88. The third kappa shape index (κ3) is 10.4. The molecule has 1 aliphatic rings. The van der Waals surface area contributed by atoms with Crippen molar-refractivity contribution in [1.82, 2.24) is 15.5 Å². The summed E-state index contributed by atoms with van der Waals surface area (Å²) in [6.45, 7) is 7.11. The van der Waals surface area contributed by atoms with Crippen LogP contribution >= 0.6 is 24.8 Å². The molecule has 6 heteroatoms. The van der Waals surface area contributed by atoms with Crippen molar-refractivity contribution < 1.29 is 4.79 Å². The monoisotopic (exact) mass is 313 g/mol. The maximum Gasteiger partial charge on any atom is 0.220 e. The van der Waals surface area contributed by atoms with E-state index in [4.69, 9.17) is 0 Å². The first kappa shape index (κ1) is 21.3. The van der Waals surface area contributed by atoms with Crippen molar-refractivity contribution in [1.29, 1.82) is 0 Å². The number of halogens is 2. The van der Waals surface area contributed by atoms with Crippen molar-refractivity contribution in [2.75, 3.05) is 39.8 Å². The van der Waals surface area contributed by atoms with Crippen LogP contribution in [0.15, 0.2) is 0 Å². The van der Waals surface area contributed by atoms with Crippen LogP contribution in [0.25, 0.3) is 0 Å². The van der Waals surface area contributed by atoms with Crippen LogP contribution in [0.4, 0.5) is 0 Å². The van der Waals surface area contributed by atoms with Crippen LogP contribution in [0.5, 0.6) is 0 Å². The van der Waals surface area contributed by atoms with Crippen LogP contribution < -0.4 is 10.6 Å². The van der Waals surface area contributed by atoms with E-state index in [-0.39, 0.29) is 30.7 Å². The number of rotatable bonds is 7. The number of piperidine rings is 1. The zero-order valence-electron chi connectivity index (χ0n) is 12.1. The molecule has 0 unspecified atom stereocenters. The van der Waals surface area contributed by atoms with Gasteiger partial charge in [0.15, 0.2) is 0 Å². The van der Waals surface area contributed by atoms with Crippen LogP contribution in [-0.4, -0.2) is 50.6 Å². The van der Waals surface area contributed by atoms with E-state index in [2.05, 4.69) is 29.5 Å². The van der Waals surface area contributed by atoms with Gasteiger partial charge in [0.1, 0.15) is 0 Å². The molecule has 19 heavy (non-hydrogen) atoms. The molecule has 1 heterocycles. The van der Waals surface area contributed by atoms with Crippen molar-refractivity contribution in [3.05, 3.63) is 0 Å². The van der Waals surface area contributed by atoms with E-state index in [1.165, 1.54) is 12.8 Å². The summed E-state index contributed by atoms with van der Waals surface area (Å²) in [4.78, 5) is 13.8. The standard InChI is InChI=1S/C13H27N3O.2ClH/c1-3-16(2)11-10-15-13(17)5-4-12-6-8-14-9-7-12;;/h12,14H,3-11H2,1-2H3,(H,15,17);2*1H. The van der Waals surface area contributed by atoms with Gasteiger partial charge in [-0.15, -0.1) is 24.8 Å². The van der Waals surface area contributed by atoms with E-state index in [0.29, 0.717) is 6.42 Å². The highest BCUT2D eigenvalue weighted by molar-refractivity contribution is 5.85. The second-order valence-corrected chi connectivity index (χ2v) is 4.98. The number of likely N-dealkylation sites (N-methyl/N-ethyl adjacent to an activating group) is 1. The topological polar surface area (TPSA) is 44.4 Å². The molecule has 4 nitrogen and oxygen atoms in total. The highest BCUT2D eigenvalue weighted by Gasteiger charge is 2.14. The number of nitrogens with zero attached hydrogens (tertiary/aromatic N) is 1. The molecule has 0 aromatic rings. The normalized spacial score (nSPS) is 15.5. The van der Waals surface area contributed by atoms with Gasteiger partial charge >= 0.3 is 0 Å². The van der Waals surface area contributed by atoms with Crippen molar-refractivity contribution >= 4 is 30.7 Å². The first-order chi connectivity index (χ1) is 8.22. The van der Waals surface area contributed by atoms with Gasteiger partial charge in [0.25, 0.3) is 0 Å². The average molecular weight is 314 g/mol. The lowest BCUT2D eigenvalue weighted by Gasteiger charge is -2.22. The highest BCUT2D eigenvalue weighted by Crippen LogP contribution is 2.17. The van der Waals surface area contributed by atoms with Gasteiger partial charge in [0.2, 0.25) is 5.91 Å². The molecule has 0 aliphatic carbocycles. The van der Waals surface area contributed by atoms with E-state index in [0.717, 1.165) is 45.1 Å². The van der Waals surface area contributed by atoms with E-state index in [1.807, 2.05) is 0 Å². The summed E-state index contributed by atoms with van der Waals surface area (Å²) in [7, 11) is 2.07. The summed E-state index contributed by atoms with van der Waals surface area (Å²) in [5.74, 6) is 0.966. The lowest BCUT2D eigenvalue weighted by Crippen LogP contribution is -2.33. The van der Waals surface area contributed by atoms with Crippen molar-refractivity contribution in [2.45, 2.75) is 32.6 Å². The van der Waals surface area contributed by atoms with Crippen molar-refractivity contribution in [3.8, 4) is 0 Å². The van der Waals surface area contributed by atoms with E-state index in [9.17, 15) is 4.79 Å². The summed E-state index contributed by atoms with van der Waals surface area (Å²) in [6.07, 6.45) is 4.20. The largest absolute Gasteiger partial charge is 0.355 e. The Morgan fingerprint density at radius 2 is 1.95 bits per heavy atom. The number of hydrogen-bond acceptors (Lipinski definition) is 3. The number of amides is 1. The molecule has 1 fully saturated rings. The van der Waals surface area contributed by atoms with Crippen LogP contribution in [0.2, 0.25) is 0 Å². The molecule has 1 amide bonds. The van der Waals surface area contributed by atoms with Crippen molar-refractivity contribution in [2.24, 2.45) is 5.92 Å². The minimum atomic E-state index is 0. The number of carbonyl (C=O) groups is 1. The maximum absolute atomic E-state index is 11.6. The third-order valence-corrected chi connectivity index (χ3v) is 3.59. The summed E-state index contributed by atoms with van der Waals surface area (Å²) < 4.78 is 0. The first-order valence-electron chi connectivity index (χ1n) is 6.88. The fourth-order valence-electron chi connectivity index (χ4n) is 2.14. The summed E-state index contributed by atoms with van der Waals surface area (Å²) in [5.41, 5.74) is 0. The van der Waals surface area contributed by atoms with Crippen molar-refractivity contribution in [3.63, 3.8) is 0 Å². The van der Waals surface area contributed by atoms with Crippen LogP contribution in [0.3, 0.4) is 0 Å². The molecule has 2 N–H and O–H groups in total. The summed E-state index contributed by atoms with van der Waals surface area (Å²) >= 11 is 0. The summed E-state index contributed by atoms with van der Waals surface area (Å²) in [5, 5.41) is 6.34. The Morgan fingerprint density at radius 1 is 1.32 bits per heavy atom. The number of hydrogen-bond donors (Lipinski definition) is 2. The Bertz CT molecular complexity index is 224. The van der Waals surface area contributed by atoms with Gasteiger partial charge < -0.3 is 15.5 Å².